The van der Waals surface area contributed by atoms with Gasteiger partial charge in [0.1, 0.15) is 0 Å². The second-order valence-electron chi connectivity index (χ2n) is 7.24. The van der Waals surface area contributed by atoms with Crippen LogP contribution in [0, 0.1) is 12.8 Å². The summed E-state index contributed by atoms with van der Waals surface area (Å²) in [7, 11) is 1.88. The van der Waals surface area contributed by atoms with Crippen LogP contribution in [0.25, 0.3) is 10.9 Å². The van der Waals surface area contributed by atoms with Crippen LogP contribution in [-0.4, -0.2) is 34.0 Å². The van der Waals surface area contributed by atoms with Crippen LogP contribution in [0.4, 0.5) is 0 Å². The summed E-state index contributed by atoms with van der Waals surface area (Å²) < 4.78 is 1.55. The highest BCUT2D eigenvalue weighted by molar-refractivity contribution is 5.80. The molecular weight excluding hydrogens is 314 g/mol. The van der Waals surface area contributed by atoms with Gasteiger partial charge in [-0.05, 0) is 37.3 Å². The Hall–Kier alpha value is -2.17. The molecule has 5 nitrogen and oxygen atoms in total. The van der Waals surface area contributed by atoms with E-state index in [9.17, 15) is 9.59 Å². The summed E-state index contributed by atoms with van der Waals surface area (Å²) in [5, 5.41) is 0.616. The van der Waals surface area contributed by atoms with Crippen molar-refractivity contribution in [1.82, 2.24) is 14.5 Å². The van der Waals surface area contributed by atoms with Crippen LogP contribution in [-0.2, 0) is 11.3 Å². The molecule has 0 saturated heterocycles. The highest BCUT2D eigenvalue weighted by Gasteiger charge is 2.18. The Kier molecular flexibility index (Phi) is 5.51. The summed E-state index contributed by atoms with van der Waals surface area (Å²) >= 11 is 0. The normalized spacial score (nSPS) is 15.4. The summed E-state index contributed by atoms with van der Waals surface area (Å²) in [5.74, 6) is 0.734. The van der Waals surface area contributed by atoms with E-state index in [1.165, 1.54) is 32.1 Å². The average molecular weight is 341 g/mol. The van der Waals surface area contributed by atoms with Crippen LogP contribution in [0.5, 0.6) is 0 Å². The van der Waals surface area contributed by atoms with E-state index in [0.717, 1.165) is 17.6 Å². The lowest BCUT2D eigenvalue weighted by molar-refractivity contribution is -0.130. The van der Waals surface area contributed by atoms with E-state index < -0.39 is 0 Å². The first-order valence-electron chi connectivity index (χ1n) is 9.25. The number of amides is 1. The molecule has 134 valence electrons. The Morgan fingerprint density at radius 2 is 2.04 bits per heavy atom. The van der Waals surface area contributed by atoms with Crippen LogP contribution in [0.15, 0.2) is 29.3 Å². The van der Waals surface area contributed by atoms with Gasteiger partial charge in [-0.2, -0.15) is 0 Å². The summed E-state index contributed by atoms with van der Waals surface area (Å²) in [6.45, 7) is 3.16. The summed E-state index contributed by atoms with van der Waals surface area (Å²) in [5.41, 5.74) is 1.66. The zero-order valence-electron chi connectivity index (χ0n) is 15.2. The Balaban J connectivity index is 1.63. The molecule has 0 unspecified atom stereocenters. The molecule has 0 N–H and O–H groups in total. The topological polar surface area (TPSA) is 55.2 Å². The fourth-order valence-electron chi connectivity index (χ4n) is 3.76. The van der Waals surface area contributed by atoms with E-state index in [1.807, 2.05) is 31.0 Å². The van der Waals surface area contributed by atoms with E-state index >= 15 is 0 Å². The number of rotatable bonds is 5. The monoisotopic (exact) mass is 341 g/mol. The Labute approximate surface area is 148 Å². The number of aromatic nitrogens is 2. The molecule has 5 heteroatoms. The highest BCUT2D eigenvalue weighted by Crippen LogP contribution is 2.24. The summed E-state index contributed by atoms with van der Waals surface area (Å²) in [6, 6.07) is 5.61. The van der Waals surface area contributed by atoms with Crippen molar-refractivity contribution in [3.63, 3.8) is 0 Å². The number of carbonyl (C=O) groups excluding carboxylic acids is 1. The second kappa shape index (κ2) is 7.81. The lowest BCUT2D eigenvalue weighted by Gasteiger charge is -2.27. The first kappa shape index (κ1) is 17.6. The number of para-hydroxylation sites is 1. The third-order valence-electron chi connectivity index (χ3n) is 5.30. The fourth-order valence-corrected chi connectivity index (χ4v) is 3.76. The molecule has 1 aromatic heterocycles. The third-order valence-corrected chi connectivity index (χ3v) is 5.30. The number of carbonyl (C=O) groups is 1. The predicted octanol–water partition coefficient (Wildman–Crippen LogP) is 3.13. The quantitative estimate of drug-likeness (QED) is 0.839. The van der Waals surface area contributed by atoms with Crippen molar-refractivity contribution in [3.05, 3.63) is 40.4 Å². The van der Waals surface area contributed by atoms with E-state index in [1.54, 1.807) is 17.0 Å². The molecule has 0 spiro atoms. The molecule has 1 fully saturated rings. The number of hydrogen-bond acceptors (Lipinski definition) is 3. The maximum Gasteiger partial charge on any atom is 0.261 e. The number of aryl methyl sites for hydroxylation is 2. The van der Waals surface area contributed by atoms with Gasteiger partial charge in [0, 0.05) is 26.6 Å². The van der Waals surface area contributed by atoms with Crippen LogP contribution in [0.1, 0.15) is 44.1 Å². The lowest BCUT2D eigenvalue weighted by Crippen LogP contribution is -2.34. The van der Waals surface area contributed by atoms with Crippen molar-refractivity contribution in [2.45, 2.75) is 52.0 Å². The predicted molar refractivity (Wildman–Crippen MR) is 99.6 cm³/mol. The van der Waals surface area contributed by atoms with Gasteiger partial charge >= 0.3 is 0 Å². The zero-order chi connectivity index (χ0) is 17.8. The molecule has 1 heterocycles. The standard InChI is InChI=1S/C20H27N3O2/c1-15-7-6-10-17-19(15)21-14-23(20(17)25)12-11-18(24)22(2)13-16-8-4-3-5-9-16/h6-7,10,14,16H,3-5,8-9,11-13H2,1-2H3. The van der Waals surface area contributed by atoms with Crippen molar-refractivity contribution in [2.24, 2.45) is 5.92 Å². The number of hydrogen-bond donors (Lipinski definition) is 0. The Morgan fingerprint density at radius 1 is 1.28 bits per heavy atom. The third kappa shape index (κ3) is 4.09. The van der Waals surface area contributed by atoms with E-state index in [0.29, 0.717) is 24.3 Å². The van der Waals surface area contributed by atoms with Gasteiger partial charge in [0.15, 0.2) is 0 Å². The molecule has 0 bridgehead atoms. The SMILES string of the molecule is Cc1cccc2c(=O)n(CCC(=O)N(C)CC3CCCCC3)cnc12. The van der Waals surface area contributed by atoms with Gasteiger partial charge in [0.25, 0.3) is 5.56 Å². The first-order chi connectivity index (χ1) is 12.1. The molecular formula is C20H27N3O2. The smallest absolute Gasteiger partial charge is 0.261 e. The molecule has 0 radical (unpaired) electrons. The maximum atomic E-state index is 12.6. The maximum absolute atomic E-state index is 12.6. The van der Waals surface area contributed by atoms with Crippen LogP contribution >= 0.6 is 0 Å². The van der Waals surface area contributed by atoms with Gasteiger partial charge in [0.05, 0.1) is 17.2 Å². The minimum Gasteiger partial charge on any atom is -0.345 e. The molecule has 0 atom stereocenters. The highest BCUT2D eigenvalue weighted by atomic mass is 16.2. The van der Waals surface area contributed by atoms with Crippen molar-refractivity contribution in [3.8, 4) is 0 Å². The van der Waals surface area contributed by atoms with Gasteiger partial charge in [-0.15, -0.1) is 0 Å². The summed E-state index contributed by atoms with van der Waals surface area (Å²) in [6.07, 6.45) is 8.24. The molecule has 2 aromatic rings. The van der Waals surface area contributed by atoms with E-state index in [-0.39, 0.29) is 11.5 Å². The van der Waals surface area contributed by atoms with Crippen LogP contribution in [0.2, 0.25) is 0 Å². The molecule has 1 aliphatic carbocycles. The van der Waals surface area contributed by atoms with Gasteiger partial charge in [-0.3, -0.25) is 14.2 Å². The van der Waals surface area contributed by atoms with Gasteiger partial charge < -0.3 is 4.90 Å². The van der Waals surface area contributed by atoms with Crippen molar-refractivity contribution in [1.29, 1.82) is 0 Å². The molecule has 0 aliphatic heterocycles. The second-order valence-corrected chi connectivity index (χ2v) is 7.24. The van der Waals surface area contributed by atoms with Crippen molar-refractivity contribution in [2.75, 3.05) is 13.6 Å². The molecule has 3 rings (SSSR count). The van der Waals surface area contributed by atoms with E-state index in [4.69, 9.17) is 0 Å². The average Bonchev–Trinajstić information content (AvgIpc) is 2.62. The number of nitrogens with zero attached hydrogens (tertiary/aromatic N) is 3. The summed E-state index contributed by atoms with van der Waals surface area (Å²) in [4.78, 5) is 31.2. The lowest BCUT2D eigenvalue weighted by atomic mass is 9.89. The largest absolute Gasteiger partial charge is 0.345 e. The zero-order valence-corrected chi connectivity index (χ0v) is 15.2. The van der Waals surface area contributed by atoms with E-state index in [2.05, 4.69) is 4.98 Å². The van der Waals surface area contributed by atoms with Crippen LogP contribution in [0.3, 0.4) is 0 Å². The van der Waals surface area contributed by atoms with Crippen molar-refractivity contribution >= 4 is 16.8 Å². The van der Waals surface area contributed by atoms with Crippen LogP contribution < -0.4 is 5.56 Å². The molecule has 1 aliphatic rings. The molecule has 1 amide bonds. The number of benzene rings is 1. The first-order valence-corrected chi connectivity index (χ1v) is 9.25. The Bertz CT molecular complexity index is 806. The molecule has 25 heavy (non-hydrogen) atoms. The molecule has 1 saturated carbocycles. The molecule has 1 aromatic carbocycles. The minimum atomic E-state index is -0.0727. The van der Waals surface area contributed by atoms with Gasteiger partial charge in [-0.1, -0.05) is 31.4 Å². The Morgan fingerprint density at radius 3 is 2.80 bits per heavy atom. The van der Waals surface area contributed by atoms with Crippen molar-refractivity contribution < 1.29 is 4.79 Å². The number of fused-ring (bicyclic) bond motifs is 1. The van der Waals surface area contributed by atoms with Gasteiger partial charge in [0.2, 0.25) is 5.91 Å². The van der Waals surface area contributed by atoms with Gasteiger partial charge in [-0.25, -0.2) is 4.98 Å². The fraction of sp³-hybridized carbons (Fsp3) is 0.550. The minimum absolute atomic E-state index is 0.0727.